The summed E-state index contributed by atoms with van der Waals surface area (Å²) in [5.41, 5.74) is -3.12. The highest BCUT2D eigenvalue weighted by atomic mass is 19.4. The minimum absolute atomic E-state index is 0.0868. The number of esters is 2. The monoisotopic (exact) mass is 741 g/mol. The van der Waals surface area contributed by atoms with E-state index in [1.165, 1.54) is 43.4 Å². The number of ether oxygens (including phenoxy) is 2. The van der Waals surface area contributed by atoms with E-state index in [1.54, 1.807) is 13.0 Å². The summed E-state index contributed by atoms with van der Waals surface area (Å²) in [5, 5.41) is 2.53. The fourth-order valence-electron chi connectivity index (χ4n) is 6.13. The zero-order valence-corrected chi connectivity index (χ0v) is 28.7. The second-order valence-electron chi connectivity index (χ2n) is 12.5. The van der Waals surface area contributed by atoms with E-state index < -0.39 is 59.1 Å². The van der Waals surface area contributed by atoms with Gasteiger partial charge in [0, 0.05) is 25.9 Å². The molecule has 0 radical (unpaired) electrons. The van der Waals surface area contributed by atoms with E-state index in [1.807, 2.05) is 6.07 Å². The van der Waals surface area contributed by atoms with Gasteiger partial charge in [0.05, 0.1) is 41.1 Å². The molecule has 1 heterocycles. The minimum Gasteiger partial charge on any atom is -0.465 e. The molecule has 1 atom stereocenters. The van der Waals surface area contributed by atoms with Crippen molar-refractivity contribution in [3.05, 3.63) is 118 Å². The van der Waals surface area contributed by atoms with Gasteiger partial charge in [-0.05, 0) is 84.5 Å². The van der Waals surface area contributed by atoms with Crippen LogP contribution in [0.3, 0.4) is 0 Å². The average Bonchev–Trinajstić information content (AvgIpc) is 3.49. The normalized spacial score (nSPS) is 15.3. The lowest BCUT2D eigenvalue weighted by Crippen LogP contribution is -2.41. The van der Waals surface area contributed by atoms with Crippen LogP contribution in [0.5, 0.6) is 0 Å². The van der Waals surface area contributed by atoms with Gasteiger partial charge in [0.1, 0.15) is 12.0 Å². The third-order valence-electron chi connectivity index (χ3n) is 8.78. The molecule has 1 aliphatic carbocycles. The molecular formula is C38H33F6N3O6. The number of alkyl halides is 6. The van der Waals surface area contributed by atoms with Crippen LogP contribution in [0.1, 0.15) is 62.0 Å². The van der Waals surface area contributed by atoms with E-state index in [-0.39, 0.29) is 53.1 Å². The summed E-state index contributed by atoms with van der Waals surface area (Å²) in [6, 6.07) is 13.3. The number of nitrogens with zero attached hydrogens (tertiary/aromatic N) is 2. The Morgan fingerprint density at radius 3 is 2.19 bits per heavy atom. The van der Waals surface area contributed by atoms with Crippen LogP contribution in [0, 0.1) is 0 Å². The van der Waals surface area contributed by atoms with E-state index in [2.05, 4.69) is 10.3 Å². The van der Waals surface area contributed by atoms with Crippen molar-refractivity contribution in [3.63, 3.8) is 0 Å². The largest absolute Gasteiger partial charge is 0.465 e. The Labute approximate surface area is 299 Å². The number of fused-ring (bicyclic) bond motifs is 1. The molecule has 0 saturated carbocycles. The van der Waals surface area contributed by atoms with Crippen molar-refractivity contribution in [2.45, 2.75) is 44.0 Å². The van der Waals surface area contributed by atoms with Crippen LogP contribution in [0.15, 0.2) is 79.0 Å². The number of nitrogens with one attached hydrogen (secondary N) is 1. The highest BCUT2D eigenvalue weighted by Gasteiger charge is 2.49. The van der Waals surface area contributed by atoms with Crippen LogP contribution < -0.4 is 5.32 Å². The molecule has 0 aliphatic heterocycles. The molecule has 278 valence electrons. The van der Waals surface area contributed by atoms with Gasteiger partial charge in [-0.25, -0.2) is 0 Å². The first kappa shape index (κ1) is 38.5. The number of benzene rings is 3. The van der Waals surface area contributed by atoms with Gasteiger partial charge in [0.25, 0.3) is 11.8 Å². The topological polar surface area (TPSA) is 115 Å². The van der Waals surface area contributed by atoms with Crippen molar-refractivity contribution in [1.82, 2.24) is 9.88 Å². The molecule has 0 saturated heterocycles. The summed E-state index contributed by atoms with van der Waals surface area (Å²) >= 11 is 0. The van der Waals surface area contributed by atoms with Crippen LogP contribution in [0.4, 0.5) is 32.0 Å². The number of carbonyl (C=O) groups is 4. The molecule has 1 aromatic heterocycles. The maximum atomic E-state index is 13.7. The van der Waals surface area contributed by atoms with Crippen LogP contribution in [0.2, 0.25) is 0 Å². The second kappa shape index (κ2) is 15.1. The molecule has 5 rings (SSSR count). The Morgan fingerprint density at radius 1 is 0.868 bits per heavy atom. The van der Waals surface area contributed by atoms with E-state index in [4.69, 9.17) is 9.47 Å². The Hall–Kier alpha value is -5.73. The number of carbonyl (C=O) groups excluding carboxylic acids is 4. The number of halogens is 6. The lowest BCUT2D eigenvalue weighted by molar-refractivity contribution is -0.157. The van der Waals surface area contributed by atoms with E-state index in [0.717, 1.165) is 23.8 Å². The standard InChI is InChI=1S/C38H33F6N3O6/c1-4-52-35(51)36(17-16-23-8-6-18-45-32(23)36)21-53-30(48)19-24-7-5-9-29(31(24)34(50)47(2)3)46-33(49)27-15-14-26(38(42,43)44)20-28(27)22-10-12-25(13-11-22)37(39,40)41/h5-15,18,20H,4,16-17,19,21H2,1-3H3,(H,46,49). The van der Waals surface area contributed by atoms with Crippen molar-refractivity contribution in [2.75, 3.05) is 32.6 Å². The van der Waals surface area contributed by atoms with Crippen molar-refractivity contribution >= 4 is 29.4 Å². The number of amides is 2. The molecule has 1 unspecified atom stereocenters. The van der Waals surface area contributed by atoms with Gasteiger partial charge in [-0.15, -0.1) is 0 Å². The summed E-state index contributed by atoms with van der Waals surface area (Å²) in [6.07, 6.45) is -7.71. The maximum absolute atomic E-state index is 13.7. The molecule has 15 heteroatoms. The predicted molar refractivity (Wildman–Crippen MR) is 180 cm³/mol. The number of aryl methyl sites for hydroxylation is 1. The molecule has 0 spiro atoms. The molecule has 0 fully saturated rings. The molecule has 2 amide bonds. The van der Waals surface area contributed by atoms with Gasteiger partial charge in [0.2, 0.25) is 0 Å². The van der Waals surface area contributed by atoms with Gasteiger partial charge in [-0.2, -0.15) is 26.3 Å². The molecular weight excluding hydrogens is 708 g/mol. The number of pyridine rings is 1. The zero-order valence-electron chi connectivity index (χ0n) is 28.7. The number of rotatable bonds is 10. The lowest BCUT2D eigenvalue weighted by Gasteiger charge is -2.26. The van der Waals surface area contributed by atoms with Gasteiger partial charge in [-0.3, -0.25) is 24.2 Å². The average molecular weight is 742 g/mol. The summed E-state index contributed by atoms with van der Waals surface area (Å²) in [6.45, 7) is 1.35. The lowest BCUT2D eigenvalue weighted by atomic mass is 9.86. The summed E-state index contributed by atoms with van der Waals surface area (Å²) in [7, 11) is 2.85. The minimum atomic E-state index is -4.84. The molecule has 0 bridgehead atoms. The first-order valence-electron chi connectivity index (χ1n) is 16.3. The Kier molecular flexibility index (Phi) is 11.0. The highest BCUT2D eigenvalue weighted by Crippen LogP contribution is 2.40. The number of hydrogen-bond donors (Lipinski definition) is 1. The predicted octanol–water partition coefficient (Wildman–Crippen LogP) is 7.27. The van der Waals surface area contributed by atoms with E-state index in [0.29, 0.717) is 36.4 Å². The zero-order chi connectivity index (χ0) is 38.7. The van der Waals surface area contributed by atoms with Gasteiger partial charge in [-0.1, -0.05) is 30.3 Å². The smallest absolute Gasteiger partial charge is 0.416 e. The van der Waals surface area contributed by atoms with Crippen LogP contribution in [0.25, 0.3) is 11.1 Å². The first-order chi connectivity index (χ1) is 25.0. The number of anilines is 1. The fraction of sp³-hybridized carbons (Fsp3) is 0.289. The van der Waals surface area contributed by atoms with Crippen molar-refractivity contribution in [1.29, 1.82) is 0 Å². The Morgan fingerprint density at radius 2 is 1.55 bits per heavy atom. The number of aromatic nitrogens is 1. The molecule has 1 N–H and O–H groups in total. The molecule has 53 heavy (non-hydrogen) atoms. The van der Waals surface area contributed by atoms with Crippen molar-refractivity contribution in [3.8, 4) is 11.1 Å². The molecule has 4 aromatic rings. The SMILES string of the molecule is CCOC(=O)C1(COC(=O)Cc2cccc(NC(=O)c3ccc(C(F)(F)F)cc3-c3ccc(C(F)(F)F)cc3)c2C(=O)N(C)C)CCc2cccnc21. The van der Waals surface area contributed by atoms with Crippen LogP contribution in [-0.4, -0.2) is 60.9 Å². The Balaban J connectivity index is 1.45. The van der Waals surface area contributed by atoms with Crippen molar-refractivity contribution in [2.24, 2.45) is 0 Å². The molecule has 3 aromatic carbocycles. The van der Waals surface area contributed by atoms with Crippen LogP contribution in [-0.2, 0) is 49.7 Å². The summed E-state index contributed by atoms with van der Waals surface area (Å²) in [5.74, 6) is -3.04. The summed E-state index contributed by atoms with van der Waals surface area (Å²) in [4.78, 5) is 59.3. The first-order valence-corrected chi connectivity index (χ1v) is 16.3. The van der Waals surface area contributed by atoms with E-state index in [9.17, 15) is 45.5 Å². The Bertz CT molecular complexity index is 2050. The van der Waals surface area contributed by atoms with Gasteiger partial charge >= 0.3 is 24.3 Å². The third-order valence-corrected chi connectivity index (χ3v) is 8.78. The summed E-state index contributed by atoms with van der Waals surface area (Å²) < 4.78 is 91.7. The molecule has 9 nitrogen and oxygen atoms in total. The second-order valence-corrected chi connectivity index (χ2v) is 12.5. The van der Waals surface area contributed by atoms with Gasteiger partial charge < -0.3 is 19.7 Å². The van der Waals surface area contributed by atoms with E-state index >= 15 is 0 Å². The maximum Gasteiger partial charge on any atom is 0.416 e. The third kappa shape index (κ3) is 8.18. The van der Waals surface area contributed by atoms with Crippen molar-refractivity contribution < 1.29 is 55.0 Å². The highest BCUT2D eigenvalue weighted by molar-refractivity contribution is 6.12. The molecule has 1 aliphatic rings. The van der Waals surface area contributed by atoms with Gasteiger partial charge in [0.15, 0.2) is 0 Å². The van der Waals surface area contributed by atoms with Crippen LogP contribution >= 0.6 is 0 Å². The number of hydrogen-bond acceptors (Lipinski definition) is 7. The quantitative estimate of drug-likeness (QED) is 0.134. The fourth-order valence-corrected chi connectivity index (χ4v) is 6.13.